The van der Waals surface area contributed by atoms with Crippen LogP contribution in [0.3, 0.4) is 0 Å². The molecular formula is C20H15N3O3S. The highest BCUT2D eigenvalue weighted by Gasteiger charge is 2.15. The van der Waals surface area contributed by atoms with Crippen LogP contribution < -0.4 is 15.8 Å². The number of nitrogens with zero attached hydrogens (tertiary/aromatic N) is 1. The summed E-state index contributed by atoms with van der Waals surface area (Å²) in [6.45, 7) is -0.294. The first-order chi connectivity index (χ1) is 13.1. The number of para-hydroxylation sites is 1. The van der Waals surface area contributed by atoms with Crippen LogP contribution >= 0.6 is 11.3 Å². The molecule has 1 heterocycles. The fourth-order valence-electron chi connectivity index (χ4n) is 2.81. The normalized spacial score (nSPS) is 10.8. The number of hydrogen-bond acceptors (Lipinski definition) is 5. The zero-order valence-electron chi connectivity index (χ0n) is 14.1. The van der Waals surface area contributed by atoms with E-state index in [-0.39, 0.29) is 12.5 Å². The number of primary amides is 1. The van der Waals surface area contributed by atoms with Crippen molar-refractivity contribution in [1.82, 2.24) is 4.98 Å². The summed E-state index contributed by atoms with van der Waals surface area (Å²) in [5.74, 6) is -0.679. The maximum absolute atomic E-state index is 12.7. The van der Waals surface area contributed by atoms with Crippen molar-refractivity contribution in [2.75, 3.05) is 11.9 Å². The number of carbonyl (C=O) groups is 2. The Morgan fingerprint density at radius 1 is 1.04 bits per heavy atom. The summed E-state index contributed by atoms with van der Waals surface area (Å²) in [5, 5.41) is 5.44. The molecule has 4 aromatic rings. The van der Waals surface area contributed by atoms with Crippen molar-refractivity contribution >= 4 is 49.3 Å². The van der Waals surface area contributed by atoms with E-state index in [4.69, 9.17) is 10.5 Å². The highest BCUT2D eigenvalue weighted by atomic mass is 32.1. The predicted octanol–water partition coefficient (Wildman–Crippen LogP) is 3.57. The minimum atomic E-state index is -0.608. The molecule has 0 radical (unpaired) electrons. The summed E-state index contributed by atoms with van der Waals surface area (Å²) in [7, 11) is 0. The van der Waals surface area contributed by atoms with E-state index in [1.165, 1.54) is 11.3 Å². The number of hydrogen-bond donors (Lipinski definition) is 2. The van der Waals surface area contributed by atoms with Crippen LogP contribution in [0.5, 0.6) is 5.75 Å². The quantitative estimate of drug-likeness (QED) is 0.556. The zero-order chi connectivity index (χ0) is 18.8. The van der Waals surface area contributed by atoms with Gasteiger partial charge in [-0.2, -0.15) is 0 Å². The molecule has 6 nitrogen and oxygen atoms in total. The Balaban J connectivity index is 1.64. The molecule has 27 heavy (non-hydrogen) atoms. The van der Waals surface area contributed by atoms with Crippen LogP contribution in [-0.2, 0) is 4.79 Å². The summed E-state index contributed by atoms with van der Waals surface area (Å²) in [4.78, 5) is 28.2. The standard InChI is InChI=1S/C20H15N3O3S/c21-17(24)11-26-15-8-4-3-7-14(15)19(25)23-20-22-18-13-6-2-1-5-12(13)9-10-16(18)27-20/h1-10H,11H2,(H2,21,24)(H,22,23,25). The highest BCUT2D eigenvalue weighted by Crippen LogP contribution is 2.32. The summed E-state index contributed by atoms with van der Waals surface area (Å²) in [5.41, 5.74) is 6.27. The fourth-order valence-corrected chi connectivity index (χ4v) is 3.69. The molecule has 0 atom stereocenters. The van der Waals surface area contributed by atoms with Gasteiger partial charge in [-0.1, -0.05) is 53.8 Å². The number of fused-ring (bicyclic) bond motifs is 3. The first-order valence-electron chi connectivity index (χ1n) is 8.21. The second-order valence-corrected chi connectivity index (χ2v) is 6.89. The Kier molecular flexibility index (Phi) is 4.43. The lowest BCUT2D eigenvalue weighted by atomic mass is 10.1. The maximum Gasteiger partial charge on any atom is 0.261 e. The molecule has 1 aromatic heterocycles. The minimum absolute atomic E-state index is 0.292. The van der Waals surface area contributed by atoms with Gasteiger partial charge in [0.1, 0.15) is 5.75 Å². The second-order valence-electron chi connectivity index (χ2n) is 5.86. The molecule has 3 aromatic carbocycles. The molecule has 0 unspecified atom stereocenters. The molecule has 0 aliphatic carbocycles. The number of benzene rings is 3. The Bertz CT molecular complexity index is 1170. The van der Waals surface area contributed by atoms with E-state index in [9.17, 15) is 9.59 Å². The molecule has 134 valence electrons. The molecule has 0 spiro atoms. The molecule has 3 N–H and O–H groups in total. The van der Waals surface area contributed by atoms with Crippen LogP contribution in [0, 0.1) is 0 Å². The smallest absolute Gasteiger partial charge is 0.261 e. The number of aromatic nitrogens is 1. The van der Waals surface area contributed by atoms with Crippen molar-refractivity contribution in [1.29, 1.82) is 0 Å². The lowest BCUT2D eigenvalue weighted by Gasteiger charge is -2.09. The van der Waals surface area contributed by atoms with Crippen molar-refractivity contribution in [3.05, 3.63) is 66.2 Å². The molecule has 7 heteroatoms. The van der Waals surface area contributed by atoms with Crippen molar-refractivity contribution in [3.8, 4) is 5.75 Å². The molecule has 0 fully saturated rings. The van der Waals surface area contributed by atoms with E-state index in [1.807, 2.05) is 36.4 Å². The number of ether oxygens (including phenoxy) is 1. The van der Waals surface area contributed by atoms with Gasteiger partial charge in [-0.3, -0.25) is 14.9 Å². The number of thiazole rings is 1. The van der Waals surface area contributed by atoms with Gasteiger partial charge in [-0.05, 0) is 23.6 Å². The number of rotatable bonds is 5. The van der Waals surface area contributed by atoms with Crippen molar-refractivity contribution < 1.29 is 14.3 Å². The first kappa shape index (κ1) is 17.0. The predicted molar refractivity (Wildman–Crippen MR) is 106 cm³/mol. The summed E-state index contributed by atoms with van der Waals surface area (Å²) >= 11 is 1.40. The van der Waals surface area contributed by atoms with Crippen molar-refractivity contribution in [2.24, 2.45) is 5.73 Å². The van der Waals surface area contributed by atoms with Gasteiger partial charge in [0.25, 0.3) is 11.8 Å². The number of nitrogens with two attached hydrogens (primary N) is 1. The number of nitrogens with one attached hydrogen (secondary N) is 1. The van der Waals surface area contributed by atoms with Gasteiger partial charge in [-0.15, -0.1) is 0 Å². The highest BCUT2D eigenvalue weighted by molar-refractivity contribution is 7.22. The van der Waals surface area contributed by atoms with Crippen LogP contribution in [-0.4, -0.2) is 23.4 Å². The number of anilines is 1. The molecule has 0 bridgehead atoms. The Labute approximate surface area is 158 Å². The lowest BCUT2D eigenvalue weighted by Crippen LogP contribution is -2.21. The van der Waals surface area contributed by atoms with E-state index >= 15 is 0 Å². The Hall–Kier alpha value is -3.45. The van der Waals surface area contributed by atoms with E-state index in [0.29, 0.717) is 16.4 Å². The Morgan fingerprint density at radius 2 is 1.81 bits per heavy atom. The van der Waals surface area contributed by atoms with E-state index in [0.717, 1.165) is 21.0 Å². The Morgan fingerprint density at radius 3 is 2.67 bits per heavy atom. The van der Waals surface area contributed by atoms with Gasteiger partial charge in [0.05, 0.1) is 15.8 Å². The van der Waals surface area contributed by atoms with Crippen LogP contribution in [0.25, 0.3) is 21.0 Å². The van der Waals surface area contributed by atoms with Gasteiger partial charge >= 0.3 is 0 Å². The SMILES string of the molecule is NC(=O)COc1ccccc1C(=O)Nc1nc2c(ccc3ccccc32)s1. The van der Waals surface area contributed by atoms with E-state index < -0.39 is 5.91 Å². The average molecular weight is 377 g/mol. The van der Waals surface area contributed by atoms with Crippen LogP contribution in [0.1, 0.15) is 10.4 Å². The van der Waals surface area contributed by atoms with Crippen LogP contribution in [0.15, 0.2) is 60.7 Å². The minimum Gasteiger partial charge on any atom is -0.483 e. The topological polar surface area (TPSA) is 94.3 Å². The molecule has 4 rings (SSSR count). The molecule has 2 amide bonds. The van der Waals surface area contributed by atoms with Gasteiger partial charge < -0.3 is 10.5 Å². The van der Waals surface area contributed by atoms with Gasteiger partial charge in [0.2, 0.25) is 0 Å². The monoisotopic (exact) mass is 377 g/mol. The third-order valence-corrected chi connectivity index (χ3v) is 4.94. The fraction of sp³-hybridized carbons (Fsp3) is 0.0500. The van der Waals surface area contributed by atoms with Crippen LogP contribution in [0.2, 0.25) is 0 Å². The van der Waals surface area contributed by atoms with Gasteiger partial charge in [0, 0.05) is 5.39 Å². The summed E-state index contributed by atoms with van der Waals surface area (Å²) < 4.78 is 6.31. The summed E-state index contributed by atoms with van der Waals surface area (Å²) in [6, 6.07) is 18.7. The summed E-state index contributed by atoms with van der Waals surface area (Å²) in [6.07, 6.45) is 0. The maximum atomic E-state index is 12.7. The van der Waals surface area contributed by atoms with Crippen LogP contribution in [0.4, 0.5) is 5.13 Å². The van der Waals surface area contributed by atoms with Gasteiger partial charge in [0.15, 0.2) is 11.7 Å². The average Bonchev–Trinajstić information content (AvgIpc) is 3.09. The molecule has 0 saturated heterocycles. The largest absolute Gasteiger partial charge is 0.483 e. The third kappa shape index (κ3) is 3.45. The van der Waals surface area contributed by atoms with Crippen molar-refractivity contribution in [2.45, 2.75) is 0 Å². The second kappa shape index (κ2) is 7.05. The first-order valence-corrected chi connectivity index (χ1v) is 9.03. The zero-order valence-corrected chi connectivity index (χ0v) is 15.0. The van der Waals surface area contributed by atoms with E-state index in [2.05, 4.69) is 10.3 Å². The number of amides is 2. The molecule has 0 aliphatic rings. The molecule has 0 aliphatic heterocycles. The van der Waals surface area contributed by atoms with Gasteiger partial charge in [-0.25, -0.2) is 4.98 Å². The number of carbonyl (C=O) groups excluding carboxylic acids is 2. The van der Waals surface area contributed by atoms with Crippen molar-refractivity contribution in [3.63, 3.8) is 0 Å². The molecular weight excluding hydrogens is 362 g/mol. The lowest BCUT2D eigenvalue weighted by molar-refractivity contribution is -0.119. The third-order valence-electron chi connectivity index (χ3n) is 4.01. The molecule has 0 saturated carbocycles. The van der Waals surface area contributed by atoms with E-state index in [1.54, 1.807) is 24.3 Å².